The van der Waals surface area contributed by atoms with Crippen molar-refractivity contribution < 1.29 is 74.8 Å². The van der Waals surface area contributed by atoms with Crippen molar-refractivity contribution in [2.24, 2.45) is 0 Å². The van der Waals surface area contributed by atoms with Gasteiger partial charge in [-0.3, -0.25) is 28.8 Å². The summed E-state index contributed by atoms with van der Waals surface area (Å²) >= 11 is 3.69. The van der Waals surface area contributed by atoms with Crippen molar-refractivity contribution in [2.45, 2.75) is 71.5 Å². The van der Waals surface area contributed by atoms with Crippen LogP contribution in [0.4, 0.5) is 36.3 Å². The zero-order chi connectivity index (χ0) is 44.6. The Bertz CT molecular complexity index is 2120. The maximum atomic E-state index is 12.9. The lowest BCUT2D eigenvalue weighted by Gasteiger charge is -2.09. The van der Waals surface area contributed by atoms with Crippen LogP contribution in [-0.2, 0) is 32.0 Å². The lowest BCUT2D eigenvalue weighted by Crippen LogP contribution is -2.17. The number of carbonyl (C=O) groups is 6. The molecule has 0 saturated heterocycles. The second-order valence-electron chi connectivity index (χ2n) is 12.3. The van der Waals surface area contributed by atoms with Crippen LogP contribution in [-0.4, -0.2) is 69.8 Å². The molecule has 60 heavy (non-hydrogen) atoms. The predicted molar refractivity (Wildman–Crippen MR) is 213 cm³/mol. The first-order valence-electron chi connectivity index (χ1n) is 17.8. The minimum Gasteiger partial charge on any atom is -0.481 e. The molecule has 2 heterocycles. The van der Waals surface area contributed by atoms with Gasteiger partial charge in [-0.25, -0.2) is 0 Å². The van der Waals surface area contributed by atoms with E-state index in [9.17, 15) is 55.1 Å². The molecule has 4 N–H and O–H groups in total. The van der Waals surface area contributed by atoms with E-state index in [1.54, 1.807) is 12.1 Å². The van der Waals surface area contributed by atoms with Crippen LogP contribution in [0.5, 0.6) is 11.5 Å². The van der Waals surface area contributed by atoms with E-state index in [0.29, 0.717) is 35.0 Å². The summed E-state index contributed by atoms with van der Waals surface area (Å²) in [5.41, 5.74) is 0.791. The van der Waals surface area contributed by atoms with Crippen molar-refractivity contribution in [1.29, 1.82) is 0 Å². The minimum absolute atomic E-state index is 0.0111. The second kappa shape index (κ2) is 22.8. The molecule has 2 aromatic heterocycles. The largest absolute Gasteiger partial charge is 0.573 e. The van der Waals surface area contributed by atoms with Gasteiger partial charge in [0.2, 0.25) is 11.8 Å². The molecule has 0 bridgehead atoms. The van der Waals surface area contributed by atoms with Gasteiger partial charge in [-0.1, -0.05) is 13.8 Å². The van der Waals surface area contributed by atoms with E-state index in [4.69, 9.17) is 10.2 Å². The summed E-state index contributed by atoms with van der Waals surface area (Å²) in [5, 5.41) is 23.3. The number of nitrogens with one attached hydrogen (secondary N) is 2. The number of thiophene rings is 2. The Morgan fingerprint density at radius 2 is 1.02 bits per heavy atom. The molecular formula is C39H38F6N2O10S3. The third-order valence-corrected chi connectivity index (χ3v) is 11.1. The topological polar surface area (TPSA) is 185 Å². The fourth-order valence-electron chi connectivity index (χ4n) is 4.96. The summed E-state index contributed by atoms with van der Waals surface area (Å²) < 4.78 is 81.2. The summed E-state index contributed by atoms with van der Waals surface area (Å²) in [7, 11) is 0. The van der Waals surface area contributed by atoms with E-state index in [0.717, 1.165) is 34.0 Å². The third-order valence-electron chi connectivity index (χ3n) is 7.67. The predicted octanol–water partition coefficient (Wildman–Crippen LogP) is 9.61. The Balaban J connectivity index is 0.000000321. The number of amides is 2. The van der Waals surface area contributed by atoms with Crippen molar-refractivity contribution in [3.8, 4) is 11.5 Å². The van der Waals surface area contributed by atoms with Gasteiger partial charge in [-0.05, 0) is 92.1 Å². The Morgan fingerprint density at radius 3 is 1.37 bits per heavy atom. The van der Waals surface area contributed by atoms with Crippen molar-refractivity contribution in [1.82, 2.24) is 0 Å². The number of carbonyl (C=O) groups excluding carboxylic acids is 4. The first-order valence-corrected chi connectivity index (χ1v) is 20.6. The van der Waals surface area contributed by atoms with Gasteiger partial charge in [0.15, 0.2) is 11.6 Å². The Kier molecular flexibility index (Phi) is 18.6. The molecule has 0 aliphatic carbocycles. The van der Waals surface area contributed by atoms with E-state index in [-0.39, 0.29) is 59.6 Å². The van der Waals surface area contributed by atoms with E-state index < -0.39 is 53.6 Å². The number of halogens is 6. The van der Waals surface area contributed by atoms with Crippen LogP contribution in [0.25, 0.3) is 0 Å². The van der Waals surface area contributed by atoms with Gasteiger partial charge in [-0.2, -0.15) is 11.8 Å². The molecule has 4 rings (SSSR count). The van der Waals surface area contributed by atoms with Crippen LogP contribution in [0, 0.1) is 0 Å². The lowest BCUT2D eigenvalue weighted by molar-refractivity contribution is -0.275. The molecule has 4 aromatic rings. The fourth-order valence-corrected chi connectivity index (χ4v) is 7.64. The number of aryl methyl sites for hydroxylation is 2. The molecule has 2 aromatic carbocycles. The molecule has 0 radical (unpaired) electrons. The highest BCUT2D eigenvalue weighted by molar-refractivity contribution is 7.99. The number of rotatable bonds is 20. The van der Waals surface area contributed by atoms with Crippen LogP contribution in [0.1, 0.15) is 87.5 Å². The van der Waals surface area contributed by atoms with Gasteiger partial charge in [0.25, 0.3) is 0 Å². The second-order valence-corrected chi connectivity index (χ2v) is 15.7. The summed E-state index contributed by atoms with van der Waals surface area (Å²) in [6, 6.07) is 12.4. The van der Waals surface area contributed by atoms with E-state index in [1.165, 1.54) is 58.7 Å². The number of hydrogen-bond donors (Lipinski definition) is 4. The Hall–Kier alpha value is -5.41. The van der Waals surface area contributed by atoms with Crippen LogP contribution in [0.2, 0.25) is 0 Å². The number of thioether (sulfide) groups is 1. The summed E-state index contributed by atoms with van der Waals surface area (Å²) in [5.74, 6) is -3.92. The molecule has 0 atom stereocenters. The minimum atomic E-state index is -4.83. The molecule has 0 spiro atoms. The number of carboxylic acid groups (broad SMARTS) is 2. The molecular weight excluding hydrogens is 867 g/mol. The van der Waals surface area contributed by atoms with Gasteiger partial charge in [-0.15, -0.1) is 49.0 Å². The zero-order valence-corrected chi connectivity index (χ0v) is 34.2. The average Bonchev–Trinajstić information content (AvgIpc) is 3.77. The molecule has 0 saturated carbocycles. The Labute approximate surface area is 351 Å². The quantitative estimate of drug-likeness (QED) is 0.0376. The maximum absolute atomic E-state index is 12.9. The van der Waals surface area contributed by atoms with Gasteiger partial charge in [0.05, 0.1) is 16.9 Å². The highest BCUT2D eigenvalue weighted by atomic mass is 32.2. The normalized spacial score (nSPS) is 11.2. The summed E-state index contributed by atoms with van der Waals surface area (Å²) in [4.78, 5) is 72.7. The molecule has 0 fully saturated rings. The zero-order valence-electron chi connectivity index (χ0n) is 31.8. The number of ketones is 2. The first kappa shape index (κ1) is 49.0. The average molecular weight is 905 g/mol. The smallest absolute Gasteiger partial charge is 0.481 e. The molecule has 2 amide bonds. The molecule has 324 valence electrons. The van der Waals surface area contributed by atoms with Crippen LogP contribution < -0.4 is 20.1 Å². The van der Waals surface area contributed by atoms with Gasteiger partial charge in [0, 0.05) is 40.1 Å². The monoisotopic (exact) mass is 904 g/mol. The summed E-state index contributed by atoms with van der Waals surface area (Å²) in [6.07, 6.45) is -7.71. The number of benzene rings is 2. The molecule has 0 aliphatic rings. The molecule has 12 nitrogen and oxygen atoms in total. The van der Waals surface area contributed by atoms with E-state index >= 15 is 0 Å². The number of anilines is 2. The standard InChI is InChI=1S/C20H20F3NO5S2.C19H18F3NO5S/c1-2-14-10-15(18(28)12-5-7-13(8-6-12)29-20(21,22)23)19(31-14)24-16(25)4-3-9-30-11-17(26)27;1-2-13-10-14(18(29-13)23-15(24)4-3-5-16(25)26)17(27)11-6-8-12(9-7-11)28-19(20,21)22/h5-8,10H,2-4,9,11H2,1H3,(H,24,25)(H,26,27);6-10H,2-5H2,1H3,(H,23,24)(H,25,26). The van der Waals surface area contributed by atoms with Crippen molar-refractivity contribution >= 4 is 79.8 Å². The maximum Gasteiger partial charge on any atom is 0.573 e. The van der Waals surface area contributed by atoms with E-state index in [1.807, 2.05) is 13.8 Å². The number of ether oxygens (including phenoxy) is 2. The third kappa shape index (κ3) is 17.1. The number of carboxylic acids is 2. The van der Waals surface area contributed by atoms with Crippen molar-refractivity contribution in [3.05, 3.63) is 92.7 Å². The Morgan fingerprint density at radius 1 is 0.617 bits per heavy atom. The lowest BCUT2D eigenvalue weighted by atomic mass is 10.0. The van der Waals surface area contributed by atoms with Crippen molar-refractivity contribution in [3.63, 3.8) is 0 Å². The molecule has 0 aliphatic heterocycles. The summed E-state index contributed by atoms with van der Waals surface area (Å²) in [6.45, 7) is 3.77. The fraction of sp³-hybridized carbons (Fsp3) is 0.333. The number of aliphatic carboxylic acids is 2. The molecule has 0 unspecified atom stereocenters. The van der Waals surface area contributed by atoms with Crippen LogP contribution in [0.3, 0.4) is 0 Å². The van der Waals surface area contributed by atoms with Crippen LogP contribution >= 0.6 is 34.4 Å². The van der Waals surface area contributed by atoms with Crippen LogP contribution in [0.15, 0.2) is 60.7 Å². The SMILES string of the molecule is CCc1cc(C(=O)c2ccc(OC(F)(F)F)cc2)c(NC(=O)CCCC(=O)O)s1.CCc1cc(C(=O)c2ccc(OC(F)(F)F)cc2)c(NC(=O)CCCSCC(=O)O)s1. The van der Waals surface area contributed by atoms with Gasteiger partial charge >= 0.3 is 24.7 Å². The van der Waals surface area contributed by atoms with Gasteiger partial charge < -0.3 is 30.3 Å². The number of hydrogen-bond acceptors (Lipinski definition) is 11. The highest BCUT2D eigenvalue weighted by Crippen LogP contribution is 2.33. The first-order chi connectivity index (χ1) is 28.2. The van der Waals surface area contributed by atoms with E-state index in [2.05, 4.69) is 20.1 Å². The molecule has 21 heteroatoms. The van der Waals surface area contributed by atoms with Gasteiger partial charge in [0.1, 0.15) is 21.5 Å². The number of alkyl halides is 6. The highest BCUT2D eigenvalue weighted by Gasteiger charge is 2.32. The van der Waals surface area contributed by atoms with Crippen molar-refractivity contribution in [2.75, 3.05) is 22.1 Å².